The van der Waals surface area contributed by atoms with E-state index in [2.05, 4.69) is 30.9 Å². The van der Waals surface area contributed by atoms with E-state index in [1.165, 1.54) is 5.56 Å². The second-order valence-corrected chi connectivity index (χ2v) is 6.26. The molecule has 1 atom stereocenters. The van der Waals surface area contributed by atoms with Gasteiger partial charge >= 0.3 is 0 Å². The second-order valence-electron chi connectivity index (χ2n) is 6.26. The van der Waals surface area contributed by atoms with Gasteiger partial charge in [-0.05, 0) is 32.8 Å². The topological polar surface area (TPSA) is 38.5 Å². The van der Waals surface area contributed by atoms with Crippen LogP contribution in [0.3, 0.4) is 0 Å². The van der Waals surface area contributed by atoms with E-state index in [1.807, 2.05) is 12.1 Å². The van der Waals surface area contributed by atoms with Gasteiger partial charge in [0, 0.05) is 37.2 Å². The van der Waals surface area contributed by atoms with Gasteiger partial charge in [0.05, 0.1) is 0 Å². The largest absolute Gasteiger partial charge is 0.487 e. The zero-order valence-corrected chi connectivity index (χ0v) is 11.9. The fraction of sp³-hybridized carbons (Fsp3) is 0.625. The quantitative estimate of drug-likeness (QED) is 0.843. The fourth-order valence-corrected chi connectivity index (χ4v) is 3.42. The van der Waals surface area contributed by atoms with Crippen LogP contribution in [0.4, 0.5) is 0 Å². The monoisotopic (exact) mass is 260 g/mol. The fourth-order valence-electron chi connectivity index (χ4n) is 3.42. The maximum Gasteiger partial charge on any atom is 0.124 e. The van der Waals surface area contributed by atoms with Gasteiger partial charge in [-0.1, -0.05) is 18.2 Å². The normalized spacial score (nSPS) is 26.2. The van der Waals surface area contributed by atoms with E-state index in [9.17, 15) is 0 Å². The minimum absolute atomic E-state index is 0.0286. The molecule has 1 aromatic carbocycles. The Morgan fingerprint density at radius 2 is 1.95 bits per heavy atom. The van der Waals surface area contributed by atoms with Gasteiger partial charge in [0.1, 0.15) is 11.4 Å². The number of nitrogens with zero attached hydrogens (tertiary/aromatic N) is 1. The van der Waals surface area contributed by atoms with Crippen LogP contribution in [0, 0.1) is 0 Å². The van der Waals surface area contributed by atoms with Crippen LogP contribution < -0.4 is 10.5 Å². The Hall–Kier alpha value is -1.06. The molecule has 0 amide bonds. The molecule has 2 aliphatic rings. The SMILES string of the molecule is CC(C)N1CCC2(CC1)C[C@H](N)c1ccccc1O2. The maximum absolute atomic E-state index is 6.35. The molecular weight excluding hydrogens is 236 g/mol. The van der Waals surface area contributed by atoms with Crippen LogP contribution in [0.2, 0.25) is 0 Å². The van der Waals surface area contributed by atoms with Crippen LogP contribution in [0.15, 0.2) is 24.3 Å². The molecule has 19 heavy (non-hydrogen) atoms. The molecule has 104 valence electrons. The van der Waals surface area contributed by atoms with Crippen molar-refractivity contribution in [3.05, 3.63) is 29.8 Å². The second kappa shape index (κ2) is 4.80. The molecule has 2 heterocycles. The van der Waals surface area contributed by atoms with Gasteiger partial charge in [-0.15, -0.1) is 0 Å². The van der Waals surface area contributed by atoms with Crippen molar-refractivity contribution < 1.29 is 4.74 Å². The van der Waals surface area contributed by atoms with Gasteiger partial charge in [-0.3, -0.25) is 0 Å². The van der Waals surface area contributed by atoms with Crippen molar-refractivity contribution in [3.63, 3.8) is 0 Å². The zero-order chi connectivity index (χ0) is 13.5. The Balaban J connectivity index is 1.78. The number of piperidine rings is 1. The van der Waals surface area contributed by atoms with Crippen LogP contribution in [0.25, 0.3) is 0 Å². The Morgan fingerprint density at radius 3 is 2.63 bits per heavy atom. The van der Waals surface area contributed by atoms with E-state index in [0.717, 1.165) is 38.1 Å². The molecule has 0 radical (unpaired) electrons. The summed E-state index contributed by atoms with van der Waals surface area (Å²) in [6, 6.07) is 8.98. The van der Waals surface area contributed by atoms with E-state index in [0.29, 0.717) is 6.04 Å². The van der Waals surface area contributed by atoms with E-state index in [-0.39, 0.29) is 11.6 Å². The van der Waals surface area contributed by atoms with Crippen molar-refractivity contribution in [2.75, 3.05) is 13.1 Å². The lowest BCUT2D eigenvalue weighted by atomic mass is 9.80. The highest BCUT2D eigenvalue weighted by Gasteiger charge is 2.42. The summed E-state index contributed by atoms with van der Waals surface area (Å²) in [4.78, 5) is 2.53. The molecular formula is C16H24N2O. The third-order valence-electron chi connectivity index (χ3n) is 4.68. The number of hydrogen-bond donors (Lipinski definition) is 1. The van der Waals surface area contributed by atoms with E-state index >= 15 is 0 Å². The highest BCUT2D eigenvalue weighted by atomic mass is 16.5. The molecule has 2 aliphatic heterocycles. The van der Waals surface area contributed by atoms with E-state index < -0.39 is 0 Å². The summed E-state index contributed by atoms with van der Waals surface area (Å²) < 4.78 is 6.35. The number of benzene rings is 1. The Kier molecular flexibility index (Phi) is 3.27. The molecule has 0 saturated carbocycles. The van der Waals surface area contributed by atoms with Crippen molar-refractivity contribution >= 4 is 0 Å². The van der Waals surface area contributed by atoms with Crippen LogP contribution in [0.5, 0.6) is 5.75 Å². The first-order valence-corrected chi connectivity index (χ1v) is 7.37. The third kappa shape index (κ3) is 2.37. The van der Waals surface area contributed by atoms with E-state index in [1.54, 1.807) is 0 Å². The molecule has 3 rings (SSSR count). The van der Waals surface area contributed by atoms with Gasteiger partial charge in [0.15, 0.2) is 0 Å². The van der Waals surface area contributed by atoms with Crippen LogP contribution >= 0.6 is 0 Å². The van der Waals surface area contributed by atoms with Gasteiger partial charge in [0.25, 0.3) is 0 Å². The Morgan fingerprint density at radius 1 is 1.26 bits per heavy atom. The van der Waals surface area contributed by atoms with Crippen molar-refractivity contribution in [2.24, 2.45) is 5.73 Å². The molecule has 1 fully saturated rings. The lowest BCUT2D eigenvalue weighted by Gasteiger charge is -2.47. The highest BCUT2D eigenvalue weighted by Crippen LogP contribution is 2.43. The lowest BCUT2D eigenvalue weighted by molar-refractivity contribution is -0.0278. The van der Waals surface area contributed by atoms with Crippen LogP contribution in [-0.4, -0.2) is 29.6 Å². The predicted octanol–water partition coefficient (Wildman–Crippen LogP) is 2.71. The first kappa shape index (κ1) is 12.9. The van der Waals surface area contributed by atoms with Crippen LogP contribution in [-0.2, 0) is 0 Å². The maximum atomic E-state index is 6.35. The highest BCUT2D eigenvalue weighted by molar-refractivity contribution is 5.38. The summed E-state index contributed by atoms with van der Waals surface area (Å²) in [6.45, 7) is 6.76. The number of para-hydroxylation sites is 1. The molecule has 2 N–H and O–H groups in total. The number of nitrogens with two attached hydrogens (primary N) is 1. The first-order valence-electron chi connectivity index (χ1n) is 7.37. The van der Waals surface area contributed by atoms with Crippen LogP contribution in [0.1, 0.15) is 44.7 Å². The first-order chi connectivity index (χ1) is 9.10. The summed E-state index contributed by atoms with van der Waals surface area (Å²) in [7, 11) is 0. The lowest BCUT2D eigenvalue weighted by Crippen LogP contribution is -2.52. The Labute approximate surface area is 115 Å². The molecule has 1 aromatic rings. The van der Waals surface area contributed by atoms with Crippen molar-refractivity contribution in [3.8, 4) is 5.75 Å². The molecule has 3 nitrogen and oxygen atoms in total. The summed E-state index contributed by atoms with van der Waals surface area (Å²) in [6.07, 6.45) is 3.14. The van der Waals surface area contributed by atoms with E-state index in [4.69, 9.17) is 10.5 Å². The van der Waals surface area contributed by atoms with Gasteiger partial charge in [-0.25, -0.2) is 0 Å². The zero-order valence-electron chi connectivity index (χ0n) is 11.9. The van der Waals surface area contributed by atoms with Crippen molar-refractivity contribution in [1.29, 1.82) is 0 Å². The molecule has 0 aliphatic carbocycles. The summed E-state index contributed by atoms with van der Waals surface area (Å²) in [5, 5.41) is 0. The summed E-state index contributed by atoms with van der Waals surface area (Å²) >= 11 is 0. The molecule has 0 unspecified atom stereocenters. The van der Waals surface area contributed by atoms with Gasteiger partial charge in [-0.2, -0.15) is 0 Å². The summed E-state index contributed by atoms with van der Waals surface area (Å²) in [5.74, 6) is 0.999. The summed E-state index contributed by atoms with van der Waals surface area (Å²) in [5.41, 5.74) is 7.49. The molecule has 3 heteroatoms. The van der Waals surface area contributed by atoms with Crippen molar-refractivity contribution in [1.82, 2.24) is 4.90 Å². The Bertz CT molecular complexity index is 450. The molecule has 0 aromatic heterocycles. The average molecular weight is 260 g/mol. The smallest absolute Gasteiger partial charge is 0.124 e. The number of rotatable bonds is 1. The minimum atomic E-state index is -0.0286. The molecule has 1 saturated heterocycles. The third-order valence-corrected chi connectivity index (χ3v) is 4.68. The number of likely N-dealkylation sites (tertiary alicyclic amines) is 1. The minimum Gasteiger partial charge on any atom is -0.487 e. The van der Waals surface area contributed by atoms with Gasteiger partial charge < -0.3 is 15.4 Å². The van der Waals surface area contributed by atoms with Crippen molar-refractivity contribution in [2.45, 2.75) is 50.8 Å². The average Bonchev–Trinajstić information content (AvgIpc) is 2.39. The number of ether oxygens (including phenoxy) is 1. The number of fused-ring (bicyclic) bond motifs is 1. The standard InChI is InChI=1S/C16H24N2O/c1-12(2)18-9-7-16(8-10-18)11-14(17)13-5-3-4-6-15(13)19-16/h3-6,12,14H,7-11,17H2,1-2H3/t14-/m0/s1. The number of hydrogen-bond acceptors (Lipinski definition) is 3. The molecule has 0 bridgehead atoms. The van der Waals surface area contributed by atoms with Gasteiger partial charge in [0.2, 0.25) is 0 Å². The predicted molar refractivity (Wildman–Crippen MR) is 77.3 cm³/mol. The molecule has 1 spiro atoms.